The minimum absolute atomic E-state index is 0.457. The first kappa shape index (κ1) is 21.8. The van der Waals surface area contributed by atoms with Crippen molar-refractivity contribution in [2.24, 2.45) is 0 Å². The lowest BCUT2D eigenvalue weighted by Gasteiger charge is -2.31. The SMILES string of the molecule is CN(C)C(CNCCCCNCC(N(C)C)N(C)C)N(C)C. The van der Waals surface area contributed by atoms with Crippen LogP contribution in [0.3, 0.4) is 0 Å². The van der Waals surface area contributed by atoms with E-state index in [0.29, 0.717) is 12.3 Å². The van der Waals surface area contributed by atoms with Gasteiger partial charge in [-0.05, 0) is 82.3 Å². The van der Waals surface area contributed by atoms with Crippen molar-refractivity contribution in [1.82, 2.24) is 30.2 Å². The Labute approximate surface area is 138 Å². The molecule has 0 aromatic heterocycles. The maximum Gasteiger partial charge on any atom is 0.0741 e. The van der Waals surface area contributed by atoms with Gasteiger partial charge in [-0.25, -0.2) is 0 Å². The molecule has 0 saturated carbocycles. The second-order valence-corrected chi connectivity index (χ2v) is 6.93. The Balaban J connectivity index is 3.62. The third-order valence-corrected chi connectivity index (χ3v) is 4.00. The van der Waals surface area contributed by atoms with E-state index in [1.165, 1.54) is 12.8 Å². The van der Waals surface area contributed by atoms with Crippen molar-refractivity contribution < 1.29 is 0 Å². The van der Waals surface area contributed by atoms with Gasteiger partial charge < -0.3 is 10.6 Å². The lowest BCUT2D eigenvalue weighted by molar-refractivity contribution is 0.126. The highest BCUT2D eigenvalue weighted by Crippen LogP contribution is 1.97. The number of unbranched alkanes of at least 4 members (excludes halogenated alkanes) is 1. The molecule has 0 spiro atoms. The van der Waals surface area contributed by atoms with E-state index in [4.69, 9.17) is 0 Å². The average Bonchev–Trinajstić information content (AvgIpc) is 2.38. The molecule has 0 heterocycles. The largest absolute Gasteiger partial charge is 0.314 e. The van der Waals surface area contributed by atoms with E-state index in [1.807, 2.05) is 0 Å². The second-order valence-electron chi connectivity index (χ2n) is 6.93. The van der Waals surface area contributed by atoms with Crippen LogP contribution >= 0.6 is 0 Å². The van der Waals surface area contributed by atoms with Crippen molar-refractivity contribution in [3.63, 3.8) is 0 Å². The van der Waals surface area contributed by atoms with E-state index in [9.17, 15) is 0 Å². The highest BCUT2D eigenvalue weighted by Gasteiger charge is 2.13. The van der Waals surface area contributed by atoms with Gasteiger partial charge in [0.15, 0.2) is 0 Å². The summed E-state index contributed by atoms with van der Waals surface area (Å²) in [6.07, 6.45) is 3.35. The van der Waals surface area contributed by atoms with Crippen LogP contribution in [-0.4, -0.2) is 114 Å². The monoisotopic (exact) mass is 316 g/mol. The zero-order chi connectivity index (χ0) is 17.1. The van der Waals surface area contributed by atoms with Crippen LogP contribution in [0, 0.1) is 0 Å². The fourth-order valence-corrected chi connectivity index (χ4v) is 2.62. The second kappa shape index (κ2) is 12.2. The highest BCUT2D eigenvalue weighted by molar-refractivity contribution is 4.67. The summed E-state index contributed by atoms with van der Waals surface area (Å²) in [4.78, 5) is 8.99. The molecule has 0 aliphatic rings. The molecule has 2 N–H and O–H groups in total. The molecule has 0 radical (unpaired) electrons. The van der Waals surface area contributed by atoms with Crippen LogP contribution in [0.4, 0.5) is 0 Å². The lowest BCUT2D eigenvalue weighted by atomic mass is 10.3. The lowest BCUT2D eigenvalue weighted by Crippen LogP contribution is -2.48. The maximum atomic E-state index is 3.56. The third-order valence-electron chi connectivity index (χ3n) is 4.00. The first-order valence-corrected chi connectivity index (χ1v) is 8.34. The van der Waals surface area contributed by atoms with E-state index in [2.05, 4.69) is 86.6 Å². The molecule has 0 bridgehead atoms. The van der Waals surface area contributed by atoms with Crippen LogP contribution in [0.5, 0.6) is 0 Å². The van der Waals surface area contributed by atoms with Crippen LogP contribution in [0.2, 0.25) is 0 Å². The fourth-order valence-electron chi connectivity index (χ4n) is 2.62. The van der Waals surface area contributed by atoms with Crippen molar-refractivity contribution >= 4 is 0 Å². The molecule has 22 heavy (non-hydrogen) atoms. The Kier molecular flexibility index (Phi) is 12.1. The molecule has 0 saturated heterocycles. The first-order chi connectivity index (χ1) is 10.3. The van der Waals surface area contributed by atoms with Gasteiger partial charge in [-0.2, -0.15) is 0 Å². The molecule has 0 amide bonds. The van der Waals surface area contributed by atoms with Crippen LogP contribution < -0.4 is 10.6 Å². The van der Waals surface area contributed by atoms with Crippen LogP contribution in [-0.2, 0) is 0 Å². The van der Waals surface area contributed by atoms with E-state index in [-0.39, 0.29) is 0 Å². The smallest absolute Gasteiger partial charge is 0.0741 e. The van der Waals surface area contributed by atoms with Gasteiger partial charge in [0.1, 0.15) is 0 Å². The minimum atomic E-state index is 0.457. The predicted octanol–water partition coefficient (Wildman–Crippen LogP) is -0.156. The van der Waals surface area contributed by atoms with Crippen molar-refractivity contribution in [1.29, 1.82) is 0 Å². The molecule has 0 aromatic carbocycles. The van der Waals surface area contributed by atoms with Crippen molar-refractivity contribution in [3.8, 4) is 0 Å². The molecule has 0 rings (SSSR count). The normalized spacial score (nSPS) is 12.8. The minimum Gasteiger partial charge on any atom is -0.314 e. The molecule has 0 aliphatic heterocycles. The van der Waals surface area contributed by atoms with Gasteiger partial charge in [-0.3, -0.25) is 19.6 Å². The summed E-state index contributed by atoms with van der Waals surface area (Å²) in [7, 11) is 17.0. The quantitative estimate of drug-likeness (QED) is 0.363. The van der Waals surface area contributed by atoms with E-state index >= 15 is 0 Å². The number of likely N-dealkylation sites (N-methyl/N-ethyl adjacent to an activating group) is 4. The first-order valence-electron chi connectivity index (χ1n) is 8.34. The molecule has 0 aliphatic carbocycles. The molecule has 0 unspecified atom stereocenters. The Bertz CT molecular complexity index is 213. The zero-order valence-electron chi connectivity index (χ0n) is 16.2. The van der Waals surface area contributed by atoms with Crippen molar-refractivity contribution in [2.45, 2.75) is 25.2 Å². The molecular weight excluding hydrogens is 276 g/mol. The predicted molar refractivity (Wildman–Crippen MR) is 97.3 cm³/mol. The summed E-state index contributed by atoms with van der Waals surface area (Å²) in [6.45, 7) is 4.20. The number of rotatable bonds is 13. The summed E-state index contributed by atoms with van der Waals surface area (Å²) in [5.74, 6) is 0. The Morgan fingerprint density at radius 3 is 1.05 bits per heavy atom. The fraction of sp³-hybridized carbons (Fsp3) is 1.00. The van der Waals surface area contributed by atoms with Gasteiger partial charge >= 0.3 is 0 Å². The molecule has 0 atom stereocenters. The number of hydrogen-bond acceptors (Lipinski definition) is 6. The summed E-state index contributed by atoms with van der Waals surface area (Å²) < 4.78 is 0. The van der Waals surface area contributed by atoms with E-state index < -0.39 is 0 Å². The third kappa shape index (κ3) is 9.71. The molecular formula is C16H40N6. The summed E-state index contributed by atoms with van der Waals surface area (Å²) in [6, 6.07) is 0. The Hall–Kier alpha value is -0.240. The maximum absolute atomic E-state index is 3.56. The van der Waals surface area contributed by atoms with Gasteiger partial charge in [0, 0.05) is 13.1 Å². The van der Waals surface area contributed by atoms with Crippen LogP contribution in [0.15, 0.2) is 0 Å². The van der Waals surface area contributed by atoms with Gasteiger partial charge in [0.2, 0.25) is 0 Å². The Morgan fingerprint density at radius 1 is 0.545 bits per heavy atom. The summed E-state index contributed by atoms with van der Waals surface area (Å²) in [5.41, 5.74) is 0. The number of nitrogens with zero attached hydrogens (tertiary/aromatic N) is 4. The zero-order valence-corrected chi connectivity index (χ0v) is 16.2. The van der Waals surface area contributed by atoms with Gasteiger partial charge in [-0.1, -0.05) is 0 Å². The van der Waals surface area contributed by atoms with Gasteiger partial charge in [-0.15, -0.1) is 0 Å². The number of nitrogens with one attached hydrogen (secondary N) is 2. The van der Waals surface area contributed by atoms with Crippen molar-refractivity contribution in [3.05, 3.63) is 0 Å². The van der Waals surface area contributed by atoms with E-state index in [1.54, 1.807) is 0 Å². The van der Waals surface area contributed by atoms with Crippen LogP contribution in [0.1, 0.15) is 12.8 Å². The molecule has 6 nitrogen and oxygen atoms in total. The summed E-state index contributed by atoms with van der Waals surface area (Å²) >= 11 is 0. The highest BCUT2D eigenvalue weighted by atomic mass is 15.3. The molecule has 6 heteroatoms. The average molecular weight is 317 g/mol. The Morgan fingerprint density at radius 2 is 0.818 bits per heavy atom. The molecule has 0 fully saturated rings. The van der Waals surface area contributed by atoms with Crippen molar-refractivity contribution in [2.75, 3.05) is 82.6 Å². The van der Waals surface area contributed by atoms with Gasteiger partial charge in [0.05, 0.1) is 12.3 Å². The molecule has 0 aromatic rings. The van der Waals surface area contributed by atoms with Gasteiger partial charge in [0.25, 0.3) is 0 Å². The standard InChI is InChI=1S/C16H40N6/c1-19(2)15(20(3)4)13-17-11-9-10-12-18-14-16(21(5)6)22(7)8/h15-18H,9-14H2,1-8H3. The molecule has 134 valence electrons. The topological polar surface area (TPSA) is 37.0 Å². The number of hydrogen-bond donors (Lipinski definition) is 2. The summed E-state index contributed by atoms with van der Waals surface area (Å²) in [5, 5.41) is 7.11. The van der Waals surface area contributed by atoms with Crippen LogP contribution in [0.25, 0.3) is 0 Å². The van der Waals surface area contributed by atoms with E-state index in [0.717, 1.165) is 26.2 Å².